The Labute approximate surface area is 176 Å². The highest BCUT2D eigenvalue weighted by molar-refractivity contribution is 7.80. The Morgan fingerprint density at radius 3 is 2.52 bits per heavy atom. The van der Waals surface area contributed by atoms with Crippen LogP contribution in [-0.2, 0) is 14.3 Å². The van der Waals surface area contributed by atoms with Gasteiger partial charge in [-0.15, -0.1) is 11.3 Å². The van der Waals surface area contributed by atoms with Crippen LogP contribution in [0.3, 0.4) is 0 Å². The highest BCUT2D eigenvalue weighted by Crippen LogP contribution is 2.34. The summed E-state index contributed by atoms with van der Waals surface area (Å²) in [6.45, 7) is 5.35. The lowest BCUT2D eigenvalue weighted by molar-refractivity contribution is -0.115. The number of hydrogen-bond acceptors (Lipinski definition) is 8. The predicted molar refractivity (Wildman–Crippen MR) is 113 cm³/mol. The fourth-order valence-electron chi connectivity index (χ4n) is 2.27. The summed E-state index contributed by atoms with van der Waals surface area (Å²) >= 11 is 6.14. The summed E-state index contributed by atoms with van der Waals surface area (Å²) in [6, 6.07) is 3.39. The van der Waals surface area contributed by atoms with E-state index in [2.05, 4.69) is 10.6 Å². The van der Waals surface area contributed by atoms with Gasteiger partial charge in [-0.05, 0) is 56.8 Å². The number of carbonyl (C=O) groups excluding carboxylic acids is 3. The average Bonchev–Trinajstić information content (AvgIpc) is 3.28. The Bertz CT molecular complexity index is 931. The number of hydrogen-bond donors (Lipinski definition) is 2. The van der Waals surface area contributed by atoms with Crippen molar-refractivity contribution in [3.8, 4) is 0 Å². The van der Waals surface area contributed by atoms with E-state index in [1.807, 2.05) is 0 Å². The average molecular weight is 437 g/mol. The molecule has 0 aliphatic rings. The van der Waals surface area contributed by atoms with Gasteiger partial charge in [0, 0.05) is 6.08 Å². The van der Waals surface area contributed by atoms with Crippen molar-refractivity contribution >= 4 is 57.6 Å². The summed E-state index contributed by atoms with van der Waals surface area (Å²) in [5, 5.41) is 5.49. The zero-order valence-electron chi connectivity index (χ0n) is 16.1. The van der Waals surface area contributed by atoms with Crippen molar-refractivity contribution in [1.82, 2.24) is 5.32 Å². The Morgan fingerprint density at radius 2 is 1.90 bits per heavy atom. The topological polar surface area (TPSA) is 107 Å². The number of furan rings is 1. The van der Waals surface area contributed by atoms with Crippen molar-refractivity contribution < 1.29 is 28.3 Å². The largest absolute Gasteiger partial charge is 0.465 e. The van der Waals surface area contributed by atoms with Crippen LogP contribution in [0, 0.1) is 6.92 Å². The number of amides is 1. The second kappa shape index (κ2) is 10.5. The van der Waals surface area contributed by atoms with E-state index in [0.717, 1.165) is 11.3 Å². The van der Waals surface area contributed by atoms with Crippen LogP contribution in [0.4, 0.5) is 5.00 Å². The van der Waals surface area contributed by atoms with E-state index in [-0.39, 0.29) is 33.8 Å². The number of anilines is 1. The van der Waals surface area contributed by atoms with Gasteiger partial charge in [0.25, 0.3) is 0 Å². The summed E-state index contributed by atoms with van der Waals surface area (Å²) in [7, 11) is 0. The highest BCUT2D eigenvalue weighted by Gasteiger charge is 2.26. The summed E-state index contributed by atoms with van der Waals surface area (Å²) in [5.41, 5.74) is 0.587. The van der Waals surface area contributed by atoms with Crippen molar-refractivity contribution in [2.75, 3.05) is 18.5 Å². The fourth-order valence-corrected chi connectivity index (χ4v) is 3.63. The molecule has 2 aromatic heterocycles. The normalized spacial score (nSPS) is 10.6. The summed E-state index contributed by atoms with van der Waals surface area (Å²) in [4.78, 5) is 36.8. The molecular weight excluding hydrogens is 416 g/mol. The summed E-state index contributed by atoms with van der Waals surface area (Å²) in [6.07, 6.45) is 4.22. The maximum atomic E-state index is 12.4. The molecule has 0 saturated heterocycles. The summed E-state index contributed by atoms with van der Waals surface area (Å²) in [5.74, 6) is -1.14. The van der Waals surface area contributed by atoms with Gasteiger partial charge >= 0.3 is 11.9 Å². The monoisotopic (exact) mass is 436 g/mol. The molecule has 0 bridgehead atoms. The third-order valence-electron chi connectivity index (χ3n) is 3.49. The Hall–Kier alpha value is -2.98. The van der Waals surface area contributed by atoms with Crippen LogP contribution in [0.2, 0.25) is 0 Å². The summed E-state index contributed by atoms with van der Waals surface area (Å²) < 4.78 is 15.2. The molecule has 0 aromatic carbocycles. The molecule has 0 atom stereocenters. The molecule has 0 aliphatic heterocycles. The number of esters is 2. The molecule has 2 N–H and O–H groups in total. The molecule has 29 heavy (non-hydrogen) atoms. The first kappa shape index (κ1) is 22.3. The lowest BCUT2D eigenvalue weighted by Gasteiger charge is -2.09. The zero-order chi connectivity index (χ0) is 21.4. The van der Waals surface area contributed by atoms with Gasteiger partial charge in [-0.25, -0.2) is 9.59 Å². The number of thiophene rings is 1. The second-order valence-corrected chi connectivity index (χ2v) is 6.92. The zero-order valence-corrected chi connectivity index (χ0v) is 17.7. The molecular formula is C19H20N2O6S2. The quantitative estimate of drug-likeness (QED) is 0.386. The molecule has 0 spiro atoms. The first-order chi connectivity index (χ1) is 13.9. The molecule has 0 fully saturated rings. The molecule has 2 heterocycles. The Morgan fingerprint density at radius 1 is 1.21 bits per heavy atom. The Balaban J connectivity index is 2.17. The van der Waals surface area contributed by atoms with E-state index >= 15 is 0 Å². The van der Waals surface area contributed by atoms with Crippen LogP contribution in [0.15, 0.2) is 28.9 Å². The molecule has 0 radical (unpaired) electrons. The molecule has 0 saturated carbocycles. The van der Waals surface area contributed by atoms with Gasteiger partial charge in [0.05, 0.1) is 25.0 Å². The van der Waals surface area contributed by atoms with Crippen LogP contribution in [0.5, 0.6) is 0 Å². The van der Waals surface area contributed by atoms with Crippen LogP contribution in [0.1, 0.15) is 45.2 Å². The van der Waals surface area contributed by atoms with Crippen molar-refractivity contribution in [2.45, 2.75) is 20.8 Å². The van der Waals surface area contributed by atoms with Gasteiger partial charge in [0.2, 0.25) is 5.91 Å². The van der Waals surface area contributed by atoms with Gasteiger partial charge in [0.1, 0.15) is 15.6 Å². The Kier molecular flexibility index (Phi) is 8.10. The van der Waals surface area contributed by atoms with E-state index in [9.17, 15) is 14.4 Å². The third-order valence-corrected chi connectivity index (χ3v) is 4.88. The van der Waals surface area contributed by atoms with Gasteiger partial charge in [-0.3, -0.25) is 10.1 Å². The van der Waals surface area contributed by atoms with Gasteiger partial charge in [-0.2, -0.15) is 0 Å². The predicted octanol–water partition coefficient (Wildman–Crippen LogP) is 3.53. The van der Waals surface area contributed by atoms with Crippen molar-refractivity contribution in [3.63, 3.8) is 0 Å². The maximum Gasteiger partial charge on any atom is 0.348 e. The number of carbonyl (C=O) groups is 3. The first-order valence-electron chi connectivity index (χ1n) is 8.68. The molecule has 8 nitrogen and oxygen atoms in total. The smallest absolute Gasteiger partial charge is 0.348 e. The van der Waals surface area contributed by atoms with Crippen LogP contribution >= 0.6 is 23.6 Å². The highest BCUT2D eigenvalue weighted by atomic mass is 32.1. The molecule has 0 unspecified atom stereocenters. The molecule has 2 rings (SSSR count). The molecule has 10 heteroatoms. The lowest BCUT2D eigenvalue weighted by Crippen LogP contribution is -2.33. The van der Waals surface area contributed by atoms with Gasteiger partial charge < -0.3 is 19.2 Å². The van der Waals surface area contributed by atoms with Crippen LogP contribution in [0.25, 0.3) is 6.08 Å². The number of ether oxygens (including phenoxy) is 2. The van der Waals surface area contributed by atoms with E-state index in [1.165, 1.54) is 18.4 Å². The minimum absolute atomic E-state index is 0.0405. The standard InChI is InChI=1S/C19H20N2O6S2/c1-4-25-17(23)14-11(3)15(18(24)26-5-2)29-16(14)21-19(28)20-13(22)9-8-12-7-6-10-27-12/h6-10H,4-5H2,1-3H3,(H2,20,21,22,28). The second-order valence-electron chi connectivity index (χ2n) is 5.49. The van der Waals surface area contributed by atoms with Crippen molar-refractivity contribution in [3.05, 3.63) is 46.2 Å². The minimum Gasteiger partial charge on any atom is -0.465 e. The van der Waals surface area contributed by atoms with Crippen molar-refractivity contribution in [1.29, 1.82) is 0 Å². The van der Waals surface area contributed by atoms with E-state index in [0.29, 0.717) is 11.3 Å². The van der Waals surface area contributed by atoms with Gasteiger partial charge in [-0.1, -0.05) is 0 Å². The maximum absolute atomic E-state index is 12.4. The number of thiocarbonyl (C=S) groups is 1. The van der Waals surface area contributed by atoms with Gasteiger partial charge in [0.15, 0.2) is 5.11 Å². The third kappa shape index (κ3) is 6.00. The lowest BCUT2D eigenvalue weighted by atomic mass is 10.1. The van der Waals surface area contributed by atoms with Crippen LogP contribution in [-0.4, -0.2) is 36.2 Å². The number of nitrogens with one attached hydrogen (secondary N) is 2. The number of rotatable bonds is 7. The molecule has 0 aliphatic carbocycles. The van der Waals surface area contributed by atoms with Crippen molar-refractivity contribution in [2.24, 2.45) is 0 Å². The van der Waals surface area contributed by atoms with E-state index < -0.39 is 17.8 Å². The van der Waals surface area contributed by atoms with E-state index in [4.69, 9.17) is 26.1 Å². The van der Waals surface area contributed by atoms with E-state index in [1.54, 1.807) is 32.9 Å². The molecule has 2 aromatic rings. The SMILES string of the molecule is CCOC(=O)c1sc(NC(=S)NC(=O)C=Cc2ccco2)c(C(=O)OCC)c1C. The molecule has 154 valence electrons. The first-order valence-corrected chi connectivity index (χ1v) is 9.91. The fraction of sp³-hybridized carbons (Fsp3) is 0.263. The minimum atomic E-state index is -0.605. The molecule has 1 amide bonds. The van der Waals surface area contributed by atoms with Crippen LogP contribution < -0.4 is 10.6 Å².